The Hall–Kier alpha value is -3.01. The maximum Gasteiger partial charge on any atom is 0.416 e. The predicted molar refractivity (Wildman–Crippen MR) is 91.9 cm³/mol. The van der Waals surface area contributed by atoms with Crippen molar-refractivity contribution in [3.05, 3.63) is 63.4 Å². The topological polar surface area (TPSA) is 74.1 Å². The van der Waals surface area contributed by atoms with Crippen LogP contribution in [0.3, 0.4) is 0 Å². The molecule has 0 unspecified atom stereocenters. The summed E-state index contributed by atoms with van der Waals surface area (Å²) in [5.74, 6) is -0.838. The van der Waals surface area contributed by atoms with Crippen molar-refractivity contribution in [2.45, 2.75) is 13.1 Å². The predicted octanol–water partition coefficient (Wildman–Crippen LogP) is 3.55. The van der Waals surface area contributed by atoms with E-state index < -0.39 is 23.3 Å². The number of hydrogen-bond donors (Lipinski definition) is 0. The second-order valence-electron chi connectivity index (χ2n) is 5.34. The van der Waals surface area contributed by atoms with Crippen molar-refractivity contribution >= 4 is 17.5 Å². The van der Waals surface area contributed by atoms with Gasteiger partial charge in [0.05, 0.1) is 29.7 Å². The highest BCUT2D eigenvalue weighted by Gasteiger charge is 2.30. The molecule has 27 heavy (non-hydrogen) atoms. The summed E-state index contributed by atoms with van der Waals surface area (Å²) < 4.78 is 48.0. The molecule has 0 bridgehead atoms. The second kappa shape index (κ2) is 7.31. The van der Waals surface area contributed by atoms with E-state index in [0.717, 1.165) is 28.3 Å². The van der Waals surface area contributed by atoms with Gasteiger partial charge in [0, 0.05) is 10.9 Å². The molecule has 6 nitrogen and oxygen atoms in total. The molecule has 3 rings (SSSR count). The molecule has 1 aromatic carbocycles. The minimum Gasteiger partial charge on any atom is -0.462 e. The molecular weight excluding hydrogens is 383 g/mol. The molecule has 0 radical (unpaired) electrons. The fraction of sp³-hybridized carbons (Fsp3) is 0.176. The molecular formula is C17H12F3N3O3S. The first-order chi connectivity index (χ1) is 12.8. The summed E-state index contributed by atoms with van der Waals surface area (Å²) in [6.45, 7) is 1.66. The van der Waals surface area contributed by atoms with E-state index in [-0.39, 0.29) is 17.9 Å². The molecule has 0 spiro atoms. The lowest BCUT2D eigenvalue weighted by Gasteiger charge is -2.10. The molecule has 0 aliphatic carbocycles. The van der Waals surface area contributed by atoms with Crippen molar-refractivity contribution in [1.82, 2.24) is 14.2 Å². The average Bonchev–Trinajstić information content (AvgIpc) is 3.16. The average molecular weight is 395 g/mol. The minimum absolute atomic E-state index is 0.0657. The van der Waals surface area contributed by atoms with Crippen LogP contribution in [0.5, 0.6) is 0 Å². The van der Waals surface area contributed by atoms with Crippen LogP contribution in [0.1, 0.15) is 22.8 Å². The zero-order valence-electron chi connectivity index (χ0n) is 13.9. The van der Waals surface area contributed by atoms with Crippen molar-refractivity contribution in [2.24, 2.45) is 0 Å². The van der Waals surface area contributed by atoms with Gasteiger partial charge >= 0.3 is 12.1 Å². The number of nitrogens with zero attached hydrogens (tertiary/aromatic N) is 3. The zero-order valence-corrected chi connectivity index (χ0v) is 14.7. The van der Waals surface area contributed by atoms with Gasteiger partial charge in [0.1, 0.15) is 5.56 Å². The minimum atomic E-state index is -4.47. The summed E-state index contributed by atoms with van der Waals surface area (Å²) in [6.07, 6.45) is -3.08. The normalized spacial score (nSPS) is 11.4. The van der Waals surface area contributed by atoms with Gasteiger partial charge in [-0.1, -0.05) is 12.1 Å². The smallest absolute Gasteiger partial charge is 0.416 e. The summed E-state index contributed by atoms with van der Waals surface area (Å²) in [5, 5.41) is 5.72. The van der Waals surface area contributed by atoms with Crippen LogP contribution in [0.4, 0.5) is 13.2 Å². The van der Waals surface area contributed by atoms with Gasteiger partial charge in [-0.05, 0) is 36.7 Å². The summed E-state index contributed by atoms with van der Waals surface area (Å²) in [4.78, 5) is 24.7. The molecule has 2 aromatic heterocycles. The van der Waals surface area contributed by atoms with Gasteiger partial charge in [0.25, 0.3) is 5.56 Å². The number of benzene rings is 1. The van der Waals surface area contributed by atoms with Gasteiger partial charge in [-0.2, -0.15) is 27.3 Å². The number of carbonyl (C=O) groups excluding carboxylic acids is 1. The lowest BCUT2D eigenvalue weighted by Crippen LogP contribution is -2.28. The highest BCUT2D eigenvalue weighted by atomic mass is 32.1. The van der Waals surface area contributed by atoms with Gasteiger partial charge < -0.3 is 4.74 Å². The third kappa shape index (κ3) is 3.90. The molecule has 3 aromatic rings. The Bertz CT molecular complexity index is 1010. The number of carbonyl (C=O) groups is 1. The maximum absolute atomic E-state index is 12.8. The quantitative estimate of drug-likeness (QED) is 0.632. The van der Waals surface area contributed by atoms with Crippen LogP contribution < -0.4 is 5.56 Å². The second-order valence-corrected chi connectivity index (χ2v) is 6.00. The Morgan fingerprint density at radius 2 is 1.96 bits per heavy atom. The third-order valence-electron chi connectivity index (χ3n) is 3.58. The Kier molecular flexibility index (Phi) is 5.08. The number of esters is 1. The summed E-state index contributed by atoms with van der Waals surface area (Å²) >= 11 is 1.08. The number of hydrogen-bond acceptors (Lipinski definition) is 6. The van der Waals surface area contributed by atoms with Crippen LogP contribution in [0, 0.1) is 0 Å². The SMILES string of the molecule is CCOC(=O)c1cc(-c2ccc(C(F)(F)F)cc2)nn(-c2cnsc2)c1=O. The van der Waals surface area contributed by atoms with Crippen LogP contribution in [0.2, 0.25) is 0 Å². The van der Waals surface area contributed by atoms with Crippen LogP contribution in [-0.2, 0) is 10.9 Å². The lowest BCUT2D eigenvalue weighted by atomic mass is 10.1. The molecule has 0 fully saturated rings. The van der Waals surface area contributed by atoms with E-state index in [9.17, 15) is 22.8 Å². The summed E-state index contributed by atoms with van der Waals surface area (Å²) in [7, 11) is 0. The van der Waals surface area contributed by atoms with Crippen LogP contribution in [-0.4, -0.2) is 26.7 Å². The first-order valence-corrected chi connectivity index (χ1v) is 8.54. The first kappa shape index (κ1) is 18.8. The monoisotopic (exact) mass is 395 g/mol. The van der Waals surface area contributed by atoms with E-state index >= 15 is 0 Å². The molecule has 0 amide bonds. The summed E-state index contributed by atoms with van der Waals surface area (Å²) in [6, 6.07) is 5.46. The highest BCUT2D eigenvalue weighted by Crippen LogP contribution is 2.30. The molecule has 0 atom stereocenters. The molecule has 140 valence electrons. The number of rotatable bonds is 4. The molecule has 10 heteroatoms. The lowest BCUT2D eigenvalue weighted by molar-refractivity contribution is -0.137. The van der Waals surface area contributed by atoms with Gasteiger partial charge in [-0.25, -0.2) is 4.79 Å². The molecule has 0 N–H and O–H groups in total. The summed E-state index contributed by atoms with van der Waals surface area (Å²) in [5.41, 5.74) is -0.989. The van der Waals surface area contributed by atoms with Crippen LogP contribution in [0.15, 0.2) is 46.7 Å². The maximum atomic E-state index is 12.8. The zero-order chi connectivity index (χ0) is 19.6. The Balaban J connectivity index is 2.15. The fourth-order valence-electron chi connectivity index (χ4n) is 2.30. The molecule has 0 aliphatic heterocycles. The van der Waals surface area contributed by atoms with E-state index in [1.165, 1.54) is 24.4 Å². The number of aromatic nitrogens is 3. The molecule has 0 saturated carbocycles. The van der Waals surface area contributed by atoms with Gasteiger partial charge in [0.15, 0.2) is 0 Å². The van der Waals surface area contributed by atoms with Crippen molar-refractivity contribution in [3.8, 4) is 16.9 Å². The van der Waals surface area contributed by atoms with Crippen LogP contribution in [0.25, 0.3) is 16.9 Å². The number of ether oxygens (including phenoxy) is 1. The largest absolute Gasteiger partial charge is 0.462 e. The Morgan fingerprint density at radius 1 is 1.26 bits per heavy atom. The van der Waals surface area contributed by atoms with Crippen LogP contribution >= 0.6 is 11.5 Å². The third-order valence-corrected chi connectivity index (χ3v) is 4.15. The van der Waals surface area contributed by atoms with Gasteiger partial charge in [0.2, 0.25) is 0 Å². The van der Waals surface area contributed by atoms with E-state index in [1.54, 1.807) is 12.3 Å². The van der Waals surface area contributed by atoms with E-state index in [4.69, 9.17) is 4.74 Å². The molecule has 0 saturated heterocycles. The van der Waals surface area contributed by atoms with Crippen molar-refractivity contribution < 1.29 is 22.7 Å². The van der Waals surface area contributed by atoms with Gasteiger partial charge in [-0.3, -0.25) is 4.79 Å². The van der Waals surface area contributed by atoms with Crippen molar-refractivity contribution in [1.29, 1.82) is 0 Å². The van der Waals surface area contributed by atoms with Crippen molar-refractivity contribution in [3.63, 3.8) is 0 Å². The highest BCUT2D eigenvalue weighted by molar-refractivity contribution is 7.03. The molecule has 0 aliphatic rings. The number of alkyl halides is 3. The van der Waals surface area contributed by atoms with E-state index in [2.05, 4.69) is 9.47 Å². The van der Waals surface area contributed by atoms with E-state index in [0.29, 0.717) is 11.3 Å². The standard InChI is InChI=1S/C17H12F3N3O3S/c1-2-26-16(25)13-7-14(10-3-5-11(6-4-10)17(18,19)20)22-23(15(13)24)12-8-21-27-9-12/h3-9H,2H2,1H3. The number of halogens is 3. The Labute approximate surface area is 155 Å². The van der Waals surface area contributed by atoms with E-state index in [1.807, 2.05) is 0 Å². The van der Waals surface area contributed by atoms with Crippen molar-refractivity contribution in [2.75, 3.05) is 6.61 Å². The fourth-order valence-corrected chi connectivity index (χ4v) is 2.80. The van der Waals surface area contributed by atoms with Gasteiger partial charge in [-0.15, -0.1) is 0 Å². The molecule has 2 heterocycles. The Morgan fingerprint density at radius 3 is 2.52 bits per heavy atom. The first-order valence-electron chi connectivity index (χ1n) is 7.70.